The minimum absolute atomic E-state index is 0.0126. The standard InChI is InChI=1S/C14H22N4O/c1-5-18(10-6-7-10)14(19)12-11(15-4)8-16-13(17-12)9(2)3/h8-10,15H,5-7H2,1-4H3. The van der Waals surface area contributed by atoms with Gasteiger partial charge >= 0.3 is 0 Å². The number of hydrogen-bond acceptors (Lipinski definition) is 4. The van der Waals surface area contributed by atoms with E-state index in [1.807, 2.05) is 25.7 Å². The third-order valence-corrected chi connectivity index (χ3v) is 3.38. The van der Waals surface area contributed by atoms with Crippen LogP contribution < -0.4 is 5.32 Å². The van der Waals surface area contributed by atoms with Gasteiger partial charge in [-0.15, -0.1) is 0 Å². The van der Waals surface area contributed by atoms with Gasteiger partial charge in [0.25, 0.3) is 5.91 Å². The predicted molar refractivity (Wildman–Crippen MR) is 75.4 cm³/mol. The topological polar surface area (TPSA) is 58.1 Å². The Bertz CT molecular complexity index is 469. The van der Waals surface area contributed by atoms with Crippen LogP contribution in [0.5, 0.6) is 0 Å². The summed E-state index contributed by atoms with van der Waals surface area (Å²) in [6.07, 6.45) is 3.92. The minimum atomic E-state index is 0.0126. The van der Waals surface area contributed by atoms with Crippen LogP contribution in [0.3, 0.4) is 0 Å². The summed E-state index contributed by atoms with van der Waals surface area (Å²) in [6.45, 7) is 6.80. The number of carbonyl (C=O) groups is 1. The molecule has 0 saturated heterocycles. The van der Waals surface area contributed by atoms with Crippen molar-refractivity contribution in [2.24, 2.45) is 0 Å². The Morgan fingerprint density at radius 2 is 2.21 bits per heavy atom. The fourth-order valence-corrected chi connectivity index (χ4v) is 2.11. The first kappa shape index (κ1) is 13.8. The summed E-state index contributed by atoms with van der Waals surface area (Å²) in [5.74, 6) is 0.946. The molecule has 1 aromatic rings. The predicted octanol–water partition coefficient (Wildman–Crippen LogP) is 2.27. The molecule has 0 aromatic carbocycles. The van der Waals surface area contributed by atoms with Gasteiger partial charge in [-0.25, -0.2) is 9.97 Å². The molecule has 0 radical (unpaired) electrons. The Morgan fingerprint density at radius 3 is 2.68 bits per heavy atom. The van der Waals surface area contributed by atoms with E-state index in [-0.39, 0.29) is 11.8 Å². The second kappa shape index (κ2) is 5.55. The van der Waals surface area contributed by atoms with E-state index < -0.39 is 0 Å². The number of amides is 1. The molecule has 1 heterocycles. The van der Waals surface area contributed by atoms with Gasteiger partial charge in [0.05, 0.1) is 11.9 Å². The number of rotatable bonds is 5. The van der Waals surface area contributed by atoms with Crippen LogP contribution >= 0.6 is 0 Å². The van der Waals surface area contributed by atoms with Gasteiger partial charge in [-0.1, -0.05) is 13.8 Å². The fraction of sp³-hybridized carbons (Fsp3) is 0.643. The normalized spacial score (nSPS) is 14.6. The van der Waals surface area contributed by atoms with Gasteiger partial charge in [0, 0.05) is 25.6 Å². The SMILES string of the molecule is CCN(C(=O)c1nc(C(C)C)ncc1NC)C1CC1. The molecule has 0 unspecified atom stereocenters. The van der Waals surface area contributed by atoms with Crippen molar-refractivity contribution in [3.05, 3.63) is 17.7 Å². The van der Waals surface area contributed by atoms with Crippen LogP contribution in [0, 0.1) is 0 Å². The first-order valence-electron chi connectivity index (χ1n) is 6.94. The monoisotopic (exact) mass is 262 g/mol. The summed E-state index contributed by atoms with van der Waals surface area (Å²) >= 11 is 0. The van der Waals surface area contributed by atoms with Crippen LogP contribution in [0.2, 0.25) is 0 Å². The molecule has 1 aliphatic carbocycles. The smallest absolute Gasteiger partial charge is 0.274 e. The maximum absolute atomic E-state index is 12.6. The average Bonchev–Trinajstić information content (AvgIpc) is 3.23. The van der Waals surface area contributed by atoms with E-state index in [2.05, 4.69) is 15.3 Å². The molecule has 0 spiro atoms. The third-order valence-electron chi connectivity index (χ3n) is 3.38. The largest absolute Gasteiger partial charge is 0.385 e. The van der Waals surface area contributed by atoms with Crippen LogP contribution in [0.25, 0.3) is 0 Å². The highest BCUT2D eigenvalue weighted by Gasteiger charge is 2.33. The average molecular weight is 262 g/mol. The summed E-state index contributed by atoms with van der Waals surface area (Å²) < 4.78 is 0. The summed E-state index contributed by atoms with van der Waals surface area (Å²) in [5.41, 5.74) is 1.20. The molecule has 0 bridgehead atoms. The number of nitrogens with one attached hydrogen (secondary N) is 1. The minimum Gasteiger partial charge on any atom is -0.385 e. The number of nitrogens with zero attached hydrogens (tertiary/aromatic N) is 3. The number of anilines is 1. The zero-order chi connectivity index (χ0) is 14.0. The van der Waals surface area contributed by atoms with Gasteiger partial charge in [-0.3, -0.25) is 4.79 Å². The Kier molecular flexibility index (Phi) is 4.02. The number of aromatic nitrogens is 2. The second-order valence-electron chi connectivity index (χ2n) is 5.22. The number of carbonyl (C=O) groups excluding carboxylic acids is 1. The lowest BCUT2D eigenvalue weighted by atomic mass is 10.2. The highest BCUT2D eigenvalue weighted by atomic mass is 16.2. The molecule has 5 heteroatoms. The van der Waals surface area contributed by atoms with Gasteiger partial charge in [0.15, 0.2) is 5.69 Å². The highest BCUT2D eigenvalue weighted by molar-refractivity contribution is 5.97. The van der Waals surface area contributed by atoms with Crippen molar-refractivity contribution in [1.29, 1.82) is 0 Å². The van der Waals surface area contributed by atoms with E-state index >= 15 is 0 Å². The van der Waals surface area contributed by atoms with Gasteiger partial charge in [-0.2, -0.15) is 0 Å². The van der Waals surface area contributed by atoms with Crippen LogP contribution in [0.1, 0.15) is 55.8 Å². The molecule has 1 aliphatic rings. The Balaban J connectivity index is 2.34. The van der Waals surface area contributed by atoms with Gasteiger partial charge in [0.1, 0.15) is 5.82 Å². The van der Waals surface area contributed by atoms with E-state index in [0.717, 1.165) is 19.4 Å². The molecule has 104 valence electrons. The summed E-state index contributed by atoms with van der Waals surface area (Å²) in [7, 11) is 1.79. The second-order valence-corrected chi connectivity index (χ2v) is 5.22. The molecule has 0 atom stereocenters. The van der Waals surface area contributed by atoms with E-state index in [1.54, 1.807) is 13.2 Å². The van der Waals surface area contributed by atoms with Crippen molar-refractivity contribution >= 4 is 11.6 Å². The zero-order valence-electron chi connectivity index (χ0n) is 12.1. The van der Waals surface area contributed by atoms with Crippen molar-refractivity contribution < 1.29 is 4.79 Å². The van der Waals surface area contributed by atoms with Crippen molar-refractivity contribution in [3.63, 3.8) is 0 Å². The molecule has 1 N–H and O–H groups in total. The quantitative estimate of drug-likeness (QED) is 0.884. The van der Waals surface area contributed by atoms with Crippen molar-refractivity contribution in [3.8, 4) is 0 Å². The molecule has 1 aromatic heterocycles. The first-order chi connectivity index (χ1) is 9.08. The van der Waals surface area contributed by atoms with Crippen LogP contribution in [-0.4, -0.2) is 40.4 Å². The van der Waals surface area contributed by atoms with E-state index in [0.29, 0.717) is 23.2 Å². The van der Waals surface area contributed by atoms with E-state index in [9.17, 15) is 4.79 Å². The summed E-state index contributed by atoms with van der Waals surface area (Å²) in [6, 6.07) is 0.402. The van der Waals surface area contributed by atoms with E-state index in [1.165, 1.54) is 0 Å². The molecule has 1 fully saturated rings. The van der Waals surface area contributed by atoms with Gasteiger partial charge in [-0.05, 0) is 19.8 Å². The maximum atomic E-state index is 12.6. The lowest BCUT2D eigenvalue weighted by molar-refractivity contribution is 0.0747. The van der Waals surface area contributed by atoms with Crippen LogP contribution in [0.4, 0.5) is 5.69 Å². The summed E-state index contributed by atoms with van der Waals surface area (Å²) in [5, 5.41) is 3.01. The molecular formula is C14H22N4O. The molecule has 0 aliphatic heterocycles. The first-order valence-corrected chi connectivity index (χ1v) is 6.94. The zero-order valence-corrected chi connectivity index (χ0v) is 12.1. The van der Waals surface area contributed by atoms with Crippen molar-refractivity contribution in [1.82, 2.24) is 14.9 Å². The Morgan fingerprint density at radius 1 is 1.53 bits per heavy atom. The van der Waals surface area contributed by atoms with Crippen LogP contribution in [-0.2, 0) is 0 Å². The molecular weight excluding hydrogens is 240 g/mol. The highest BCUT2D eigenvalue weighted by Crippen LogP contribution is 2.29. The van der Waals surface area contributed by atoms with Crippen LogP contribution in [0.15, 0.2) is 6.20 Å². The molecule has 1 amide bonds. The fourth-order valence-electron chi connectivity index (χ4n) is 2.11. The Hall–Kier alpha value is -1.65. The number of hydrogen-bond donors (Lipinski definition) is 1. The van der Waals surface area contributed by atoms with Gasteiger partial charge < -0.3 is 10.2 Å². The van der Waals surface area contributed by atoms with Crippen molar-refractivity contribution in [2.75, 3.05) is 18.9 Å². The van der Waals surface area contributed by atoms with E-state index in [4.69, 9.17) is 0 Å². The Labute approximate surface area is 114 Å². The molecule has 19 heavy (non-hydrogen) atoms. The lowest BCUT2D eigenvalue weighted by Crippen LogP contribution is -2.34. The van der Waals surface area contributed by atoms with Crippen molar-refractivity contribution in [2.45, 2.75) is 45.6 Å². The molecule has 2 rings (SSSR count). The summed E-state index contributed by atoms with van der Waals surface area (Å²) in [4.78, 5) is 23.3. The molecule has 1 saturated carbocycles. The lowest BCUT2D eigenvalue weighted by Gasteiger charge is -2.21. The maximum Gasteiger partial charge on any atom is 0.274 e. The molecule has 5 nitrogen and oxygen atoms in total. The third kappa shape index (κ3) is 2.85. The van der Waals surface area contributed by atoms with Gasteiger partial charge in [0.2, 0.25) is 0 Å².